The third kappa shape index (κ3) is 4.93. The summed E-state index contributed by atoms with van der Waals surface area (Å²) in [5.74, 6) is 0. The summed E-state index contributed by atoms with van der Waals surface area (Å²) in [6, 6.07) is 0.748. The van der Waals surface area contributed by atoms with E-state index in [9.17, 15) is 4.80 Å². The van der Waals surface area contributed by atoms with E-state index in [1.54, 1.807) is 6.55 Å². The van der Waals surface area contributed by atoms with E-state index in [-0.39, 0.29) is 0 Å². The van der Waals surface area contributed by atoms with Gasteiger partial charge in [0.2, 0.25) is 0 Å². The second-order valence-electron chi connectivity index (χ2n) is 2.65. The highest BCUT2D eigenvalue weighted by atomic mass is 28.4. The zero-order chi connectivity index (χ0) is 8.04. The van der Waals surface area contributed by atoms with E-state index in [0.29, 0.717) is 6.54 Å². The van der Waals surface area contributed by atoms with Gasteiger partial charge in [0.05, 0.1) is 0 Å². The van der Waals surface area contributed by atoms with Crippen molar-refractivity contribution in [3.05, 3.63) is 0 Å². The van der Waals surface area contributed by atoms with E-state index in [4.69, 9.17) is 5.73 Å². The summed E-state index contributed by atoms with van der Waals surface area (Å²) in [7, 11) is -2.27. The van der Waals surface area contributed by atoms with Crippen LogP contribution >= 0.6 is 0 Å². The second kappa shape index (κ2) is 4.84. The maximum absolute atomic E-state index is 11.3. The van der Waals surface area contributed by atoms with Crippen molar-refractivity contribution in [2.75, 3.05) is 13.1 Å². The lowest BCUT2D eigenvalue weighted by Crippen LogP contribution is -2.46. The van der Waals surface area contributed by atoms with E-state index in [0.717, 1.165) is 19.0 Å². The highest BCUT2D eigenvalue weighted by Gasteiger charge is 2.23. The Hall–Kier alpha value is 0.0969. The van der Waals surface area contributed by atoms with E-state index >= 15 is 0 Å². The number of hydrogen-bond acceptors (Lipinski definition) is 2. The monoisotopic (exact) mass is 161 g/mol. The molecule has 0 rings (SSSR count). The molecule has 61 valence electrons. The summed E-state index contributed by atoms with van der Waals surface area (Å²) in [6.07, 6.45) is 0.908. The molecular weight excluding hydrogens is 144 g/mol. The molecule has 0 aromatic heterocycles. The van der Waals surface area contributed by atoms with Crippen molar-refractivity contribution in [1.29, 1.82) is 0 Å². The maximum Gasteiger partial charge on any atom is 0.306 e. The summed E-state index contributed by atoms with van der Waals surface area (Å²) in [4.78, 5) is 14.3. The highest BCUT2D eigenvalue weighted by Crippen LogP contribution is 1.99. The van der Waals surface area contributed by atoms with Crippen molar-refractivity contribution in [2.45, 2.75) is 25.9 Å². The fourth-order valence-corrected chi connectivity index (χ4v) is 1.54. The van der Waals surface area contributed by atoms with Gasteiger partial charge in [-0.3, -0.25) is 4.80 Å². The maximum atomic E-state index is 11.3. The zero-order valence-electron chi connectivity index (χ0n) is 6.81. The Labute approximate surface area is 63.8 Å². The minimum Gasteiger partial charge on any atom is -0.330 e. The van der Waals surface area contributed by atoms with Crippen LogP contribution in [0.5, 0.6) is 0 Å². The van der Waals surface area contributed by atoms with Crippen LogP contribution in [0.25, 0.3) is 0 Å². The normalized spacial score (nSPS) is 16.8. The summed E-state index contributed by atoms with van der Waals surface area (Å²) < 4.78 is 0. The van der Waals surface area contributed by atoms with Gasteiger partial charge < -0.3 is 10.7 Å². The smallest absolute Gasteiger partial charge is 0.306 e. The highest BCUT2D eigenvalue weighted by molar-refractivity contribution is 6.68. The van der Waals surface area contributed by atoms with Crippen LogP contribution in [-0.2, 0) is 4.80 Å². The largest absolute Gasteiger partial charge is 0.330 e. The molecule has 0 spiro atoms. The fraction of sp³-hybridized carbons (Fsp3) is 1.00. The molecule has 4 heteroatoms. The first kappa shape index (κ1) is 10.1. The third-order valence-corrected chi connectivity index (χ3v) is 3.90. The molecule has 3 nitrogen and oxygen atoms in total. The summed E-state index contributed by atoms with van der Waals surface area (Å²) >= 11 is 0. The van der Waals surface area contributed by atoms with Crippen molar-refractivity contribution in [3.8, 4) is 0 Å². The van der Waals surface area contributed by atoms with Gasteiger partial charge in [-0.15, -0.1) is 0 Å². The van der Waals surface area contributed by atoms with Gasteiger partial charge in [-0.25, -0.2) is 0 Å². The molecule has 10 heavy (non-hydrogen) atoms. The second-order valence-corrected chi connectivity index (χ2v) is 6.18. The first-order valence-corrected chi connectivity index (χ1v) is 6.39. The quantitative estimate of drug-likeness (QED) is 0.454. The van der Waals surface area contributed by atoms with E-state index in [2.05, 4.69) is 4.98 Å². The van der Waals surface area contributed by atoms with Crippen LogP contribution in [0.2, 0.25) is 12.6 Å². The van der Waals surface area contributed by atoms with Gasteiger partial charge in [0, 0.05) is 0 Å². The molecule has 0 aliphatic heterocycles. The van der Waals surface area contributed by atoms with Gasteiger partial charge in [-0.05, 0) is 32.1 Å². The minimum absolute atomic E-state index is 0.668. The molecule has 1 radical (unpaired) electrons. The Morgan fingerprint density at radius 1 is 1.60 bits per heavy atom. The van der Waals surface area contributed by atoms with Crippen LogP contribution < -0.4 is 10.7 Å². The Bertz CT molecular complexity index is 87.8. The lowest BCUT2D eigenvalue weighted by Gasteiger charge is -2.15. The molecular formula is C6H17N2OSi. The molecule has 3 N–H and O–H groups in total. The van der Waals surface area contributed by atoms with Gasteiger partial charge in [-0.2, -0.15) is 0 Å². The average Bonchev–Trinajstić information content (AvgIpc) is 1.89. The molecule has 0 aromatic rings. The Kier molecular flexibility index (Phi) is 4.89. The van der Waals surface area contributed by atoms with E-state index in [1.165, 1.54) is 0 Å². The minimum atomic E-state index is -2.27. The zero-order valence-corrected chi connectivity index (χ0v) is 7.81. The van der Waals surface area contributed by atoms with Crippen molar-refractivity contribution in [2.24, 2.45) is 5.73 Å². The molecule has 1 atom stereocenters. The standard InChI is InChI=1S/C6H17N2OSi/c1-3-10(2,9)8-6-4-5-7/h8H,3-7H2,1-2H3. The third-order valence-electron chi connectivity index (χ3n) is 1.55. The molecule has 0 bridgehead atoms. The van der Waals surface area contributed by atoms with Crippen molar-refractivity contribution >= 4 is 8.48 Å². The van der Waals surface area contributed by atoms with Gasteiger partial charge in [0.1, 0.15) is 0 Å². The first-order chi connectivity index (χ1) is 4.62. The Morgan fingerprint density at radius 2 is 2.20 bits per heavy atom. The topological polar surface area (TPSA) is 58.0 Å². The predicted molar refractivity (Wildman–Crippen MR) is 44.5 cm³/mol. The lowest BCUT2D eigenvalue weighted by molar-refractivity contribution is 0.403. The molecule has 1 unspecified atom stereocenters. The molecule has 0 aliphatic carbocycles. The van der Waals surface area contributed by atoms with Gasteiger partial charge in [0.15, 0.2) is 0 Å². The molecule has 0 amide bonds. The van der Waals surface area contributed by atoms with Crippen LogP contribution in [0, 0.1) is 0 Å². The molecule has 0 saturated carbocycles. The predicted octanol–water partition coefficient (Wildman–Crippen LogP) is 0.447. The van der Waals surface area contributed by atoms with Gasteiger partial charge in [0.25, 0.3) is 0 Å². The molecule has 0 aromatic carbocycles. The van der Waals surface area contributed by atoms with Gasteiger partial charge >= 0.3 is 8.48 Å². The first-order valence-electron chi connectivity index (χ1n) is 3.78. The van der Waals surface area contributed by atoms with Crippen molar-refractivity contribution in [3.63, 3.8) is 0 Å². The van der Waals surface area contributed by atoms with Crippen LogP contribution in [-0.4, -0.2) is 21.6 Å². The number of nitrogens with one attached hydrogen (secondary N) is 1. The summed E-state index contributed by atoms with van der Waals surface area (Å²) in [5, 5.41) is 0. The van der Waals surface area contributed by atoms with Crippen LogP contribution in [0.4, 0.5) is 0 Å². The molecule has 0 aliphatic rings. The number of rotatable bonds is 5. The van der Waals surface area contributed by atoms with E-state index < -0.39 is 8.48 Å². The SMILES string of the molecule is CC[Si](C)([O])NCCCN. The number of hydrogen-bond donors (Lipinski definition) is 2. The summed E-state index contributed by atoms with van der Waals surface area (Å²) in [6.45, 7) is 5.19. The van der Waals surface area contributed by atoms with Crippen molar-refractivity contribution in [1.82, 2.24) is 4.98 Å². The number of nitrogens with two attached hydrogens (primary N) is 1. The molecule has 0 saturated heterocycles. The van der Waals surface area contributed by atoms with Crippen LogP contribution in [0.1, 0.15) is 13.3 Å². The van der Waals surface area contributed by atoms with Crippen LogP contribution in [0.15, 0.2) is 0 Å². The summed E-state index contributed by atoms with van der Waals surface area (Å²) in [5.41, 5.74) is 5.27. The molecule has 0 fully saturated rings. The van der Waals surface area contributed by atoms with Crippen LogP contribution in [0.3, 0.4) is 0 Å². The average molecular weight is 161 g/mol. The Morgan fingerprint density at radius 3 is 2.60 bits per heavy atom. The van der Waals surface area contributed by atoms with Gasteiger partial charge in [-0.1, -0.05) is 6.92 Å². The Balaban J connectivity index is 3.28. The van der Waals surface area contributed by atoms with Crippen molar-refractivity contribution < 1.29 is 4.80 Å². The van der Waals surface area contributed by atoms with E-state index in [1.807, 2.05) is 6.92 Å². The molecule has 0 heterocycles. The lowest BCUT2D eigenvalue weighted by atomic mass is 10.4. The fourth-order valence-electron chi connectivity index (χ4n) is 0.580.